The van der Waals surface area contributed by atoms with E-state index in [-0.39, 0.29) is 4.99 Å². The van der Waals surface area contributed by atoms with Crippen molar-refractivity contribution in [3.05, 3.63) is 42.4 Å². The predicted octanol–water partition coefficient (Wildman–Crippen LogP) is 0.513. The first-order chi connectivity index (χ1) is 8.27. The van der Waals surface area contributed by atoms with Gasteiger partial charge in [0.05, 0.1) is 12.2 Å². The maximum atomic E-state index is 5.55. The number of thiocarbonyl (C=S) groups is 1. The molecule has 0 aromatic carbocycles. The minimum absolute atomic E-state index is 0.211. The van der Waals surface area contributed by atoms with Crippen LogP contribution >= 0.6 is 12.2 Å². The molecular formula is C10H10N6S. The van der Waals surface area contributed by atoms with Gasteiger partial charge < -0.3 is 11.1 Å². The number of nitrogens with two attached hydrogens (primary N) is 1. The summed E-state index contributed by atoms with van der Waals surface area (Å²) in [5.41, 5.74) is 6.88. The van der Waals surface area contributed by atoms with Crippen molar-refractivity contribution < 1.29 is 0 Å². The van der Waals surface area contributed by atoms with Crippen molar-refractivity contribution in [3.8, 4) is 0 Å². The Bertz CT molecular complexity index is 515. The van der Waals surface area contributed by atoms with Gasteiger partial charge in [-0.05, 0) is 6.07 Å². The maximum Gasteiger partial charge on any atom is 0.155 e. The molecule has 3 N–H and O–H groups in total. The van der Waals surface area contributed by atoms with E-state index in [2.05, 4.69) is 25.3 Å². The SMILES string of the molecule is NC(=S)c1nccnc1NCc1ccncn1. The van der Waals surface area contributed by atoms with Crippen LogP contribution in [0.4, 0.5) is 5.82 Å². The van der Waals surface area contributed by atoms with Crippen LogP contribution in [0.1, 0.15) is 11.4 Å². The van der Waals surface area contributed by atoms with E-state index >= 15 is 0 Å². The molecule has 2 rings (SSSR count). The summed E-state index contributed by atoms with van der Waals surface area (Å²) < 4.78 is 0. The first-order valence-corrected chi connectivity index (χ1v) is 5.28. The highest BCUT2D eigenvalue weighted by Crippen LogP contribution is 2.08. The quantitative estimate of drug-likeness (QED) is 0.760. The maximum absolute atomic E-state index is 5.55. The molecule has 2 aromatic heterocycles. The van der Waals surface area contributed by atoms with Crippen molar-refractivity contribution in [1.82, 2.24) is 19.9 Å². The molecular weight excluding hydrogens is 236 g/mol. The summed E-state index contributed by atoms with van der Waals surface area (Å²) in [6.07, 6.45) is 6.28. The molecule has 2 heterocycles. The summed E-state index contributed by atoms with van der Waals surface area (Å²) >= 11 is 4.89. The summed E-state index contributed by atoms with van der Waals surface area (Å²) in [6, 6.07) is 1.81. The Morgan fingerprint density at radius 2 is 2.06 bits per heavy atom. The smallest absolute Gasteiger partial charge is 0.155 e. The molecule has 86 valence electrons. The molecule has 7 heteroatoms. The highest BCUT2D eigenvalue weighted by molar-refractivity contribution is 7.80. The van der Waals surface area contributed by atoms with Gasteiger partial charge >= 0.3 is 0 Å². The van der Waals surface area contributed by atoms with E-state index in [1.807, 2.05) is 6.07 Å². The number of nitrogens with one attached hydrogen (secondary N) is 1. The molecule has 0 amide bonds. The summed E-state index contributed by atoms with van der Waals surface area (Å²) in [4.78, 5) is 16.3. The minimum Gasteiger partial charge on any atom is -0.388 e. The molecule has 0 aliphatic carbocycles. The molecule has 0 spiro atoms. The van der Waals surface area contributed by atoms with Gasteiger partial charge in [-0.25, -0.2) is 19.9 Å². The Labute approximate surface area is 103 Å². The van der Waals surface area contributed by atoms with Gasteiger partial charge in [-0.15, -0.1) is 0 Å². The number of hydrogen-bond donors (Lipinski definition) is 2. The lowest BCUT2D eigenvalue weighted by Gasteiger charge is -2.07. The first-order valence-electron chi connectivity index (χ1n) is 4.87. The van der Waals surface area contributed by atoms with E-state index in [1.165, 1.54) is 6.33 Å². The van der Waals surface area contributed by atoms with Crippen LogP contribution < -0.4 is 11.1 Å². The Hall–Kier alpha value is -2.15. The lowest BCUT2D eigenvalue weighted by atomic mass is 10.3. The highest BCUT2D eigenvalue weighted by Gasteiger charge is 2.07. The third kappa shape index (κ3) is 2.91. The third-order valence-corrected chi connectivity index (χ3v) is 2.21. The second-order valence-electron chi connectivity index (χ2n) is 3.17. The summed E-state index contributed by atoms with van der Waals surface area (Å²) in [5.74, 6) is 0.554. The third-order valence-electron chi connectivity index (χ3n) is 2.01. The van der Waals surface area contributed by atoms with Crippen molar-refractivity contribution in [3.63, 3.8) is 0 Å². The molecule has 0 saturated carbocycles. The van der Waals surface area contributed by atoms with E-state index in [9.17, 15) is 0 Å². The number of hydrogen-bond acceptors (Lipinski definition) is 6. The van der Waals surface area contributed by atoms with E-state index < -0.39 is 0 Å². The van der Waals surface area contributed by atoms with Crippen molar-refractivity contribution >= 4 is 23.0 Å². The van der Waals surface area contributed by atoms with Gasteiger partial charge in [0.25, 0.3) is 0 Å². The van der Waals surface area contributed by atoms with E-state index in [1.54, 1.807) is 18.6 Å². The zero-order valence-electron chi connectivity index (χ0n) is 8.87. The average Bonchev–Trinajstić information content (AvgIpc) is 2.38. The topological polar surface area (TPSA) is 89.6 Å². The molecule has 0 unspecified atom stereocenters. The van der Waals surface area contributed by atoms with Crippen LogP contribution in [0.15, 0.2) is 31.0 Å². The van der Waals surface area contributed by atoms with Gasteiger partial charge in [0.15, 0.2) is 5.82 Å². The molecule has 0 aliphatic heterocycles. The fourth-order valence-electron chi connectivity index (χ4n) is 1.24. The zero-order chi connectivity index (χ0) is 12.1. The predicted molar refractivity (Wildman–Crippen MR) is 67.3 cm³/mol. The van der Waals surface area contributed by atoms with Gasteiger partial charge in [-0.2, -0.15) is 0 Å². The van der Waals surface area contributed by atoms with Crippen molar-refractivity contribution in [2.75, 3.05) is 5.32 Å². The summed E-state index contributed by atoms with van der Waals surface area (Å²) in [7, 11) is 0. The summed E-state index contributed by atoms with van der Waals surface area (Å²) in [6.45, 7) is 0.511. The molecule has 0 atom stereocenters. The second-order valence-corrected chi connectivity index (χ2v) is 3.61. The van der Waals surface area contributed by atoms with Gasteiger partial charge in [-0.3, -0.25) is 0 Å². The largest absolute Gasteiger partial charge is 0.388 e. The van der Waals surface area contributed by atoms with Crippen molar-refractivity contribution in [2.45, 2.75) is 6.54 Å². The lowest BCUT2D eigenvalue weighted by Crippen LogP contribution is -2.16. The van der Waals surface area contributed by atoms with E-state index in [4.69, 9.17) is 18.0 Å². The van der Waals surface area contributed by atoms with Crippen LogP contribution in [0.2, 0.25) is 0 Å². The summed E-state index contributed by atoms with van der Waals surface area (Å²) in [5, 5.41) is 3.08. The van der Waals surface area contributed by atoms with Crippen LogP contribution in [0.3, 0.4) is 0 Å². The molecule has 6 nitrogen and oxygen atoms in total. The van der Waals surface area contributed by atoms with Crippen LogP contribution in [-0.2, 0) is 6.54 Å². The number of aromatic nitrogens is 4. The van der Waals surface area contributed by atoms with Crippen LogP contribution in [0, 0.1) is 0 Å². The molecule has 0 radical (unpaired) electrons. The normalized spacial score (nSPS) is 9.88. The van der Waals surface area contributed by atoms with Crippen LogP contribution in [0.5, 0.6) is 0 Å². The number of anilines is 1. The standard InChI is InChI=1S/C10H10N6S/c11-9(17)8-10(14-4-3-13-8)15-5-7-1-2-12-6-16-7/h1-4,6H,5H2,(H2,11,17)(H,14,15). The molecule has 0 saturated heterocycles. The minimum atomic E-state index is 0.211. The molecule has 0 fully saturated rings. The number of rotatable bonds is 4. The molecule has 0 aliphatic rings. The van der Waals surface area contributed by atoms with Gasteiger partial charge in [-0.1, -0.05) is 12.2 Å². The fourth-order valence-corrected chi connectivity index (χ4v) is 1.39. The van der Waals surface area contributed by atoms with Gasteiger partial charge in [0, 0.05) is 18.6 Å². The van der Waals surface area contributed by atoms with E-state index in [0.717, 1.165) is 5.69 Å². The Morgan fingerprint density at radius 1 is 1.24 bits per heavy atom. The van der Waals surface area contributed by atoms with Crippen LogP contribution in [0.25, 0.3) is 0 Å². The van der Waals surface area contributed by atoms with E-state index in [0.29, 0.717) is 18.1 Å². The van der Waals surface area contributed by atoms with Gasteiger partial charge in [0.1, 0.15) is 17.0 Å². The average molecular weight is 246 g/mol. The lowest BCUT2D eigenvalue weighted by molar-refractivity contribution is 0.989. The zero-order valence-corrected chi connectivity index (χ0v) is 9.68. The monoisotopic (exact) mass is 246 g/mol. The second kappa shape index (κ2) is 5.26. The molecule has 0 bridgehead atoms. The van der Waals surface area contributed by atoms with Crippen molar-refractivity contribution in [2.24, 2.45) is 5.73 Å². The highest BCUT2D eigenvalue weighted by atomic mass is 32.1. The van der Waals surface area contributed by atoms with Crippen LogP contribution in [-0.4, -0.2) is 24.9 Å². The molecule has 17 heavy (non-hydrogen) atoms. The Kier molecular flexibility index (Phi) is 3.51. The van der Waals surface area contributed by atoms with Crippen molar-refractivity contribution in [1.29, 1.82) is 0 Å². The van der Waals surface area contributed by atoms with Gasteiger partial charge in [0.2, 0.25) is 0 Å². The molecule has 2 aromatic rings. The number of nitrogens with zero attached hydrogens (tertiary/aromatic N) is 4. The first kappa shape index (κ1) is 11.3. The Morgan fingerprint density at radius 3 is 2.76 bits per heavy atom. The Balaban J connectivity index is 2.12. The fraction of sp³-hybridized carbons (Fsp3) is 0.100.